The summed E-state index contributed by atoms with van der Waals surface area (Å²) >= 11 is 0. The quantitative estimate of drug-likeness (QED) is 0.449. The fourth-order valence-corrected chi connectivity index (χ4v) is 3.88. The SMILES string of the molecule is COc1cc(Nc2nc(N)n(C(=O)c3ccc(OC(C)C)cc3)n2)ccc1OCCN1CCCC1. The lowest BCUT2D eigenvalue weighted by atomic mass is 10.2. The van der Waals surface area contributed by atoms with Gasteiger partial charge in [-0.1, -0.05) is 0 Å². The molecule has 2 aromatic carbocycles. The monoisotopic (exact) mass is 480 g/mol. The first-order valence-electron chi connectivity index (χ1n) is 11.8. The number of likely N-dealkylation sites (tertiary alicyclic amines) is 1. The zero-order valence-corrected chi connectivity index (χ0v) is 20.4. The predicted octanol–water partition coefficient (Wildman–Crippen LogP) is 3.56. The van der Waals surface area contributed by atoms with Gasteiger partial charge in [-0.2, -0.15) is 9.67 Å². The average Bonchev–Trinajstić information content (AvgIpc) is 3.49. The normalized spacial score (nSPS) is 13.7. The number of nitrogens with zero attached hydrogens (tertiary/aromatic N) is 4. The molecule has 1 fully saturated rings. The Hall–Kier alpha value is -3.79. The topological polar surface area (TPSA) is 117 Å². The van der Waals surface area contributed by atoms with Crippen molar-refractivity contribution in [2.24, 2.45) is 0 Å². The third-order valence-electron chi connectivity index (χ3n) is 5.58. The second-order valence-electron chi connectivity index (χ2n) is 8.59. The van der Waals surface area contributed by atoms with E-state index < -0.39 is 5.91 Å². The van der Waals surface area contributed by atoms with Crippen molar-refractivity contribution in [2.75, 3.05) is 44.4 Å². The lowest BCUT2D eigenvalue weighted by Crippen LogP contribution is -2.25. The van der Waals surface area contributed by atoms with E-state index in [0.717, 1.165) is 24.3 Å². The van der Waals surface area contributed by atoms with E-state index in [1.165, 1.54) is 12.8 Å². The molecule has 2 heterocycles. The summed E-state index contributed by atoms with van der Waals surface area (Å²) in [7, 11) is 1.59. The highest BCUT2D eigenvalue weighted by molar-refractivity contribution is 5.97. The lowest BCUT2D eigenvalue weighted by Gasteiger charge is -2.16. The van der Waals surface area contributed by atoms with Crippen LogP contribution in [0.2, 0.25) is 0 Å². The summed E-state index contributed by atoms with van der Waals surface area (Å²) in [4.78, 5) is 19.4. The number of benzene rings is 2. The van der Waals surface area contributed by atoms with Gasteiger partial charge in [0.25, 0.3) is 5.91 Å². The molecule has 1 saturated heterocycles. The average molecular weight is 481 g/mol. The molecule has 186 valence electrons. The molecule has 4 rings (SSSR count). The van der Waals surface area contributed by atoms with Gasteiger partial charge in [0.15, 0.2) is 11.5 Å². The minimum Gasteiger partial charge on any atom is -0.493 e. The van der Waals surface area contributed by atoms with Crippen molar-refractivity contribution in [3.8, 4) is 17.2 Å². The van der Waals surface area contributed by atoms with Gasteiger partial charge in [0.05, 0.1) is 13.2 Å². The largest absolute Gasteiger partial charge is 0.493 e. The van der Waals surface area contributed by atoms with Gasteiger partial charge in [-0.15, -0.1) is 5.10 Å². The van der Waals surface area contributed by atoms with Crippen molar-refractivity contribution in [1.29, 1.82) is 0 Å². The molecule has 0 spiro atoms. The van der Waals surface area contributed by atoms with Crippen LogP contribution in [0.15, 0.2) is 42.5 Å². The highest BCUT2D eigenvalue weighted by Gasteiger charge is 2.17. The van der Waals surface area contributed by atoms with Gasteiger partial charge in [0, 0.05) is 23.9 Å². The van der Waals surface area contributed by atoms with Crippen LogP contribution in [-0.4, -0.2) is 65.0 Å². The Morgan fingerprint density at radius 2 is 1.86 bits per heavy atom. The Morgan fingerprint density at radius 3 is 2.54 bits per heavy atom. The summed E-state index contributed by atoms with van der Waals surface area (Å²) in [6, 6.07) is 12.3. The molecule has 0 amide bonds. The van der Waals surface area contributed by atoms with Crippen LogP contribution < -0.4 is 25.3 Å². The van der Waals surface area contributed by atoms with E-state index in [4.69, 9.17) is 19.9 Å². The molecule has 0 atom stereocenters. The maximum absolute atomic E-state index is 12.9. The molecule has 3 aromatic rings. The number of anilines is 3. The van der Waals surface area contributed by atoms with Crippen molar-refractivity contribution in [3.05, 3.63) is 48.0 Å². The van der Waals surface area contributed by atoms with E-state index in [2.05, 4.69) is 20.3 Å². The molecule has 10 heteroatoms. The van der Waals surface area contributed by atoms with Gasteiger partial charge in [0.1, 0.15) is 12.4 Å². The van der Waals surface area contributed by atoms with Gasteiger partial charge >= 0.3 is 0 Å². The van der Waals surface area contributed by atoms with E-state index in [9.17, 15) is 4.79 Å². The number of aromatic nitrogens is 3. The van der Waals surface area contributed by atoms with Crippen LogP contribution in [-0.2, 0) is 0 Å². The van der Waals surface area contributed by atoms with E-state index in [-0.39, 0.29) is 18.0 Å². The number of nitrogens with two attached hydrogens (primary N) is 1. The van der Waals surface area contributed by atoms with Crippen molar-refractivity contribution < 1.29 is 19.0 Å². The smallest absolute Gasteiger partial charge is 0.281 e. The third-order valence-corrected chi connectivity index (χ3v) is 5.58. The van der Waals surface area contributed by atoms with Gasteiger partial charge in [-0.05, 0) is 76.2 Å². The Bertz CT molecular complexity index is 1140. The number of hydrogen-bond acceptors (Lipinski definition) is 9. The van der Waals surface area contributed by atoms with Crippen LogP contribution in [0, 0.1) is 0 Å². The van der Waals surface area contributed by atoms with E-state index in [1.807, 2.05) is 26.0 Å². The molecule has 1 aliphatic heterocycles. The van der Waals surface area contributed by atoms with Crippen LogP contribution in [0.3, 0.4) is 0 Å². The molecular weight excluding hydrogens is 448 g/mol. The van der Waals surface area contributed by atoms with Crippen LogP contribution in [0.5, 0.6) is 17.2 Å². The van der Waals surface area contributed by atoms with E-state index >= 15 is 0 Å². The Labute approximate surface area is 205 Å². The molecule has 10 nitrogen and oxygen atoms in total. The number of nitrogens with one attached hydrogen (secondary N) is 1. The maximum atomic E-state index is 12.9. The molecule has 0 aliphatic carbocycles. The van der Waals surface area contributed by atoms with Gasteiger partial charge in [0.2, 0.25) is 11.9 Å². The molecule has 35 heavy (non-hydrogen) atoms. The van der Waals surface area contributed by atoms with E-state index in [1.54, 1.807) is 37.4 Å². The molecule has 0 saturated carbocycles. The minimum atomic E-state index is -0.390. The molecule has 0 unspecified atom stereocenters. The van der Waals surface area contributed by atoms with Crippen molar-refractivity contribution in [1.82, 2.24) is 19.7 Å². The van der Waals surface area contributed by atoms with Crippen LogP contribution in [0.4, 0.5) is 17.6 Å². The zero-order chi connectivity index (χ0) is 24.8. The summed E-state index contributed by atoms with van der Waals surface area (Å²) in [6.07, 6.45) is 2.55. The zero-order valence-electron chi connectivity index (χ0n) is 20.4. The molecule has 1 aromatic heterocycles. The number of carbonyl (C=O) groups excluding carboxylic acids is 1. The van der Waals surface area contributed by atoms with Gasteiger partial charge in [-0.3, -0.25) is 9.69 Å². The summed E-state index contributed by atoms with van der Waals surface area (Å²) in [5.41, 5.74) is 7.06. The van der Waals surface area contributed by atoms with Crippen molar-refractivity contribution >= 4 is 23.5 Å². The van der Waals surface area contributed by atoms with E-state index in [0.29, 0.717) is 35.1 Å². The minimum absolute atomic E-state index is 0.0196. The third kappa shape index (κ3) is 6.21. The van der Waals surface area contributed by atoms with Gasteiger partial charge in [-0.25, -0.2) is 0 Å². The fraction of sp³-hybridized carbons (Fsp3) is 0.400. The van der Waals surface area contributed by atoms with Crippen LogP contribution >= 0.6 is 0 Å². The summed E-state index contributed by atoms with van der Waals surface area (Å²) in [5, 5.41) is 7.30. The summed E-state index contributed by atoms with van der Waals surface area (Å²) in [6.45, 7) is 7.63. The fourth-order valence-electron chi connectivity index (χ4n) is 3.88. The molecule has 0 bridgehead atoms. The molecule has 3 N–H and O–H groups in total. The number of nitrogen functional groups attached to an aromatic ring is 1. The summed E-state index contributed by atoms with van der Waals surface area (Å²) < 4.78 is 18.1. The Balaban J connectivity index is 1.40. The number of methoxy groups -OCH3 is 1. The highest BCUT2D eigenvalue weighted by Crippen LogP contribution is 2.31. The molecule has 1 aliphatic rings. The second kappa shape index (κ2) is 11.1. The van der Waals surface area contributed by atoms with Crippen molar-refractivity contribution in [3.63, 3.8) is 0 Å². The number of rotatable bonds is 10. The standard InChI is InChI=1S/C25H32N6O4/c1-17(2)35-20-9-6-18(7-10-20)23(32)31-24(26)28-25(29-31)27-19-8-11-21(22(16-19)33-3)34-15-14-30-12-4-5-13-30/h6-11,16-17H,4-5,12-15H2,1-3H3,(H3,26,27,28,29). The van der Waals surface area contributed by atoms with Crippen LogP contribution in [0.25, 0.3) is 0 Å². The second-order valence-corrected chi connectivity index (χ2v) is 8.59. The number of carbonyl (C=O) groups is 1. The molecular formula is C25H32N6O4. The first-order valence-corrected chi connectivity index (χ1v) is 11.8. The van der Waals surface area contributed by atoms with Gasteiger partial charge < -0.3 is 25.3 Å². The highest BCUT2D eigenvalue weighted by atomic mass is 16.5. The van der Waals surface area contributed by atoms with Crippen LogP contribution in [0.1, 0.15) is 37.0 Å². The Kier molecular flexibility index (Phi) is 7.71. The van der Waals surface area contributed by atoms with Crippen molar-refractivity contribution in [2.45, 2.75) is 32.8 Å². The lowest BCUT2D eigenvalue weighted by molar-refractivity contribution is 0.0948. The maximum Gasteiger partial charge on any atom is 0.281 e. The predicted molar refractivity (Wildman–Crippen MR) is 134 cm³/mol. The molecule has 0 radical (unpaired) electrons. The Morgan fingerprint density at radius 1 is 1.11 bits per heavy atom. The first kappa shape index (κ1) is 24.3. The first-order chi connectivity index (χ1) is 16.9. The summed E-state index contributed by atoms with van der Waals surface area (Å²) in [5.74, 6) is 1.72. The number of ether oxygens (including phenoxy) is 3. The number of hydrogen-bond donors (Lipinski definition) is 2.